The fourth-order valence-electron chi connectivity index (χ4n) is 2.49. The number of carbonyl (C=O) groups excluding carboxylic acids is 1. The minimum atomic E-state index is -0.406. The zero-order valence-corrected chi connectivity index (χ0v) is 17.6. The maximum Gasteiger partial charge on any atom is 0.250 e. The summed E-state index contributed by atoms with van der Waals surface area (Å²) in [6.45, 7) is 0. The molecule has 0 bridgehead atoms. The number of benzene rings is 2. The maximum atomic E-state index is 12.1. The first-order chi connectivity index (χ1) is 14.0. The van der Waals surface area contributed by atoms with Gasteiger partial charge in [0.25, 0.3) is 0 Å². The molecule has 0 aliphatic carbocycles. The van der Waals surface area contributed by atoms with E-state index in [1.165, 1.54) is 12.2 Å². The smallest absolute Gasteiger partial charge is 0.250 e. The number of halogens is 2. The summed E-state index contributed by atoms with van der Waals surface area (Å²) in [6.07, 6.45) is 2.85. The summed E-state index contributed by atoms with van der Waals surface area (Å²) in [5.41, 5.74) is 1.32. The molecular formula is C21H16Cl2N2O3S. The average Bonchev–Trinajstić information content (AvgIpc) is 3.17. The van der Waals surface area contributed by atoms with Crippen LogP contribution in [0, 0.1) is 0 Å². The first-order valence-electron chi connectivity index (χ1n) is 8.45. The lowest BCUT2D eigenvalue weighted by Gasteiger charge is -2.11. The molecular weight excluding hydrogens is 431 g/mol. The molecule has 8 heteroatoms. The largest absolute Gasteiger partial charge is 0.495 e. The van der Waals surface area contributed by atoms with E-state index in [-0.39, 0.29) is 5.11 Å². The highest BCUT2D eigenvalue weighted by Crippen LogP contribution is 2.34. The Labute approximate surface area is 183 Å². The summed E-state index contributed by atoms with van der Waals surface area (Å²) in [5.74, 6) is 1.24. The Balaban J connectivity index is 1.62. The Morgan fingerprint density at radius 3 is 2.69 bits per heavy atom. The van der Waals surface area contributed by atoms with Crippen molar-refractivity contribution in [1.29, 1.82) is 0 Å². The molecule has 2 aromatic carbocycles. The Bertz CT molecular complexity index is 1080. The topological polar surface area (TPSA) is 63.5 Å². The third-order valence-electron chi connectivity index (χ3n) is 3.83. The van der Waals surface area contributed by atoms with Crippen LogP contribution in [-0.4, -0.2) is 18.1 Å². The molecule has 0 spiro atoms. The van der Waals surface area contributed by atoms with Gasteiger partial charge >= 0.3 is 0 Å². The number of rotatable bonds is 5. The van der Waals surface area contributed by atoms with E-state index in [1.54, 1.807) is 49.6 Å². The van der Waals surface area contributed by atoms with Crippen LogP contribution in [0.4, 0.5) is 5.69 Å². The molecule has 1 aromatic heterocycles. The predicted octanol–water partition coefficient (Wildman–Crippen LogP) is 5.79. The fraction of sp³-hybridized carbons (Fsp3) is 0.0476. The predicted molar refractivity (Wildman–Crippen MR) is 121 cm³/mol. The lowest BCUT2D eigenvalue weighted by atomic mass is 10.2. The van der Waals surface area contributed by atoms with Gasteiger partial charge in [-0.3, -0.25) is 10.1 Å². The van der Waals surface area contributed by atoms with Gasteiger partial charge in [-0.15, -0.1) is 0 Å². The minimum absolute atomic E-state index is 0.148. The number of hydrogen-bond donors (Lipinski definition) is 2. The second-order valence-electron chi connectivity index (χ2n) is 5.78. The van der Waals surface area contributed by atoms with Crippen molar-refractivity contribution in [2.45, 2.75) is 0 Å². The molecule has 3 rings (SSSR count). The zero-order chi connectivity index (χ0) is 20.8. The molecule has 0 unspecified atom stereocenters. The van der Waals surface area contributed by atoms with Crippen molar-refractivity contribution in [2.24, 2.45) is 0 Å². The van der Waals surface area contributed by atoms with Gasteiger partial charge in [0.1, 0.15) is 17.3 Å². The van der Waals surface area contributed by atoms with Crippen molar-refractivity contribution in [3.8, 4) is 17.1 Å². The van der Waals surface area contributed by atoms with E-state index in [0.29, 0.717) is 38.6 Å². The molecule has 0 saturated carbocycles. The molecule has 0 atom stereocenters. The van der Waals surface area contributed by atoms with Crippen LogP contribution in [0.25, 0.3) is 17.4 Å². The van der Waals surface area contributed by atoms with Crippen molar-refractivity contribution in [2.75, 3.05) is 12.4 Å². The van der Waals surface area contributed by atoms with E-state index in [0.717, 1.165) is 0 Å². The van der Waals surface area contributed by atoms with Gasteiger partial charge in [-0.1, -0.05) is 41.4 Å². The highest BCUT2D eigenvalue weighted by molar-refractivity contribution is 7.80. The number of furan rings is 1. The summed E-state index contributed by atoms with van der Waals surface area (Å²) >= 11 is 17.4. The molecule has 0 aliphatic heterocycles. The van der Waals surface area contributed by atoms with Crippen molar-refractivity contribution in [3.05, 3.63) is 76.5 Å². The summed E-state index contributed by atoms with van der Waals surface area (Å²) < 4.78 is 10.9. The molecule has 0 saturated heterocycles. The number of anilines is 1. The minimum Gasteiger partial charge on any atom is -0.495 e. The van der Waals surface area contributed by atoms with Gasteiger partial charge in [0.15, 0.2) is 5.11 Å². The Kier molecular flexibility index (Phi) is 6.93. The summed E-state index contributed by atoms with van der Waals surface area (Å²) in [5, 5.41) is 6.47. The third-order valence-corrected chi connectivity index (χ3v) is 4.86. The number of hydrogen-bond acceptors (Lipinski definition) is 4. The second-order valence-corrected chi connectivity index (χ2v) is 6.97. The van der Waals surface area contributed by atoms with Crippen LogP contribution in [0.5, 0.6) is 5.75 Å². The highest BCUT2D eigenvalue weighted by atomic mass is 35.5. The first-order valence-corrected chi connectivity index (χ1v) is 9.61. The van der Waals surface area contributed by atoms with Gasteiger partial charge in [0.05, 0.1) is 22.8 Å². The average molecular weight is 447 g/mol. The molecule has 148 valence electrons. The van der Waals surface area contributed by atoms with E-state index >= 15 is 0 Å². The molecule has 0 radical (unpaired) electrons. The van der Waals surface area contributed by atoms with E-state index in [4.69, 9.17) is 44.6 Å². The number of nitrogens with one attached hydrogen (secondary N) is 2. The molecule has 29 heavy (non-hydrogen) atoms. The lowest BCUT2D eigenvalue weighted by Crippen LogP contribution is -2.32. The number of amides is 1. The molecule has 1 amide bonds. The number of carbonyl (C=O) groups is 1. The number of thiocarbonyl (C=S) groups is 1. The SMILES string of the molecule is COc1ccccc1NC(=S)NC(=O)C=Cc1ccc(-c2cccc(Cl)c2Cl)o1. The molecule has 5 nitrogen and oxygen atoms in total. The quantitative estimate of drug-likeness (QED) is 0.383. The molecule has 0 fully saturated rings. The van der Waals surface area contributed by atoms with Gasteiger partial charge in [0, 0.05) is 11.6 Å². The van der Waals surface area contributed by atoms with Gasteiger partial charge < -0.3 is 14.5 Å². The maximum absolute atomic E-state index is 12.1. The van der Waals surface area contributed by atoms with Crippen LogP contribution < -0.4 is 15.4 Å². The van der Waals surface area contributed by atoms with E-state index in [9.17, 15) is 4.79 Å². The van der Waals surface area contributed by atoms with Crippen molar-refractivity contribution >= 4 is 58.2 Å². The van der Waals surface area contributed by atoms with Crippen molar-refractivity contribution in [1.82, 2.24) is 5.32 Å². The standard InChI is InChI=1S/C21H16Cl2N2O3S/c1-27-18-8-3-2-7-16(18)24-21(29)25-19(26)12-10-13-9-11-17(28-13)14-5-4-6-15(22)20(14)23/h2-12H,1H3,(H2,24,25,26,29). The Morgan fingerprint density at radius 2 is 1.90 bits per heavy atom. The Hall–Kier alpha value is -2.80. The number of methoxy groups -OCH3 is 1. The fourth-order valence-corrected chi connectivity index (χ4v) is 3.10. The van der Waals surface area contributed by atoms with E-state index < -0.39 is 5.91 Å². The normalized spacial score (nSPS) is 10.7. The van der Waals surface area contributed by atoms with Crippen molar-refractivity contribution < 1.29 is 13.9 Å². The molecule has 3 aromatic rings. The second kappa shape index (κ2) is 9.60. The van der Waals surface area contributed by atoms with Crippen molar-refractivity contribution in [3.63, 3.8) is 0 Å². The van der Waals surface area contributed by atoms with Gasteiger partial charge in [0.2, 0.25) is 5.91 Å². The van der Waals surface area contributed by atoms with Crippen LogP contribution in [0.15, 0.2) is 65.1 Å². The number of ether oxygens (including phenoxy) is 1. The summed E-state index contributed by atoms with van der Waals surface area (Å²) in [4.78, 5) is 12.1. The number of para-hydroxylation sites is 2. The van der Waals surface area contributed by atoms with Crippen LogP contribution in [-0.2, 0) is 4.79 Å². The Morgan fingerprint density at radius 1 is 1.10 bits per heavy atom. The highest BCUT2D eigenvalue weighted by Gasteiger charge is 2.10. The van der Waals surface area contributed by atoms with Crippen LogP contribution in [0.3, 0.4) is 0 Å². The van der Waals surface area contributed by atoms with Crippen LogP contribution in [0.2, 0.25) is 10.0 Å². The van der Waals surface area contributed by atoms with Crippen LogP contribution in [0.1, 0.15) is 5.76 Å². The first kappa shape index (κ1) is 20.9. The summed E-state index contributed by atoms with van der Waals surface area (Å²) in [6, 6.07) is 16.0. The van der Waals surface area contributed by atoms with Crippen LogP contribution >= 0.6 is 35.4 Å². The monoisotopic (exact) mass is 446 g/mol. The van der Waals surface area contributed by atoms with Gasteiger partial charge in [-0.2, -0.15) is 0 Å². The van der Waals surface area contributed by atoms with Gasteiger partial charge in [-0.05, 0) is 54.7 Å². The summed E-state index contributed by atoms with van der Waals surface area (Å²) in [7, 11) is 1.55. The molecule has 1 heterocycles. The van der Waals surface area contributed by atoms with Gasteiger partial charge in [-0.25, -0.2) is 0 Å². The van der Waals surface area contributed by atoms with E-state index in [2.05, 4.69) is 10.6 Å². The molecule has 2 N–H and O–H groups in total. The third kappa shape index (κ3) is 5.38. The molecule has 0 aliphatic rings. The zero-order valence-electron chi connectivity index (χ0n) is 15.2. The lowest BCUT2D eigenvalue weighted by molar-refractivity contribution is -0.115. The van der Waals surface area contributed by atoms with E-state index in [1.807, 2.05) is 12.1 Å².